The Labute approximate surface area is 134 Å². The SMILES string of the molecule is O=C(NCCCN1CCCCC1)Nc1ccccc1C(F)(F)F. The molecule has 0 unspecified atom stereocenters. The molecule has 1 saturated heterocycles. The molecular formula is C16H22F3N3O. The normalized spacial score (nSPS) is 16.1. The molecule has 0 spiro atoms. The van der Waals surface area contributed by atoms with Crippen molar-refractivity contribution in [1.29, 1.82) is 0 Å². The molecule has 2 rings (SSSR count). The predicted molar refractivity (Wildman–Crippen MR) is 83.4 cm³/mol. The Morgan fingerprint density at radius 2 is 1.83 bits per heavy atom. The van der Waals surface area contributed by atoms with Gasteiger partial charge in [0.1, 0.15) is 0 Å². The minimum absolute atomic E-state index is 0.228. The van der Waals surface area contributed by atoms with Gasteiger partial charge in [0, 0.05) is 6.54 Å². The van der Waals surface area contributed by atoms with Gasteiger partial charge in [-0.2, -0.15) is 13.2 Å². The second kappa shape index (κ2) is 8.19. The minimum Gasteiger partial charge on any atom is -0.338 e. The summed E-state index contributed by atoms with van der Waals surface area (Å²) in [5.41, 5.74) is -1.07. The highest BCUT2D eigenvalue weighted by Crippen LogP contribution is 2.34. The van der Waals surface area contributed by atoms with Crippen molar-refractivity contribution in [1.82, 2.24) is 10.2 Å². The molecule has 0 saturated carbocycles. The fourth-order valence-corrected chi connectivity index (χ4v) is 2.69. The summed E-state index contributed by atoms with van der Waals surface area (Å²) in [5.74, 6) is 0. The van der Waals surface area contributed by atoms with Crippen LogP contribution < -0.4 is 10.6 Å². The van der Waals surface area contributed by atoms with Gasteiger partial charge in [0.05, 0.1) is 11.3 Å². The zero-order valence-electron chi connectivity index (χ0n) is 13.0. The molecule has 0 aliphatic carbocycles. The van der Waals surface area contributed by atoms with Crippen molar-refractivity contribution < 1.29 is 18.0 Å². The van der Waals surface area contributed by atoms with E-state index in [0.29, 0.717) is 6.54 Å². The van der Waals surface area contributed by atoms with Gasteiger partial charge < -0.3 is 15.5 Å². The first-order valence-corrected chi connectivity index (χ1v) is 7.90. The number of nitrogens with one attached hydrogen (secondary N) is 2. The molecule has 1 fully saturated rings. The molecule has 0 aromatic heterocycles. The van der Waals surface area contributed by atoms with E-state index in [4.69, 9.17) is 0 Å². The highest BCUT2D eigenvalue weighted by molar-refractivity contribution is 5.90. The van der Waals surface area contributed by atoms with Crippen LogP contribution in [0.25, 0.3) is 0 Å². The number of carbonyl (C=O) groups excluding carboxylic acids is 1. The monoisotopic (exact) mass is 329 g/mol. The van der Waals surface area contributed by atoms with E-state index in [1.54, 1.807) is 0 Å². The van der Waals surface area contributed by atoms with Crippen molar-refractivity contribution in [3.8, 4) is 0 Å². The third-order valence-electron chi connectivity index (χ3n) is 3.87. The summed E-state index contributed by atoms with van der Waals surface area (Å²) in [4.78, 5) is 14.1. The fourth-order valence-electron chi connectivity index (χ4n) is 2.69. The van der Waals surface area contributed by atoms with Crippen LogP contribution in [-0.2, 0) is 6.18 Å². The minimum atomic E-state index is -4.49. The van der Waals surface area contributed by atoms with E-state index in [0.717, 1.165) is 32.1 Å². The average molecular weight is 329 g/mol. The Morgan fingerprint density at radius 1 is 1.13 bits per heavy atom. The number of nitrogens with zero attached hydrogens (tertiary/aromatic N) is 1. The smallest absolute Gasteiger partial charge is 0.338 e. The standard InChI is InChI=1S/C16H22F3N3O/c17-16(18,19)13-7-2-3-8-14(13)21-15(23)20-9-6-12-22-10-4-1-5-11-22/h2-3,7-8H,1,4-6,9-12H2,(H2,20,21,23). The van der Waals surface area contributed by atoms with E-state index in [-0.39, 0.29) is 5.69 Å². The first-order valence-electron chi connectivity index (χ1n) is 7.90. The summed E-state index contributed by atoms with van der Waals surface area (Å²) >= 11 is 0. The van der Waals surface area contributed by atoms with Crippen LogP contribution in [0.5, 0.6) is 0 Å². The van der Waals surface area contributed by atoms with Gasteiger partial charge in [-0.25, -0.2) is 4.79 Å². The Hall–Kier alpha value is -1.76. The maximum atomic E-state index is 12.8. The lowest BCUT2D eigenvalue weighted by molar-refractivity contribution is -0.136. The van der Waals surface area contributed by atoms with E-state index in [2.05, 4.69) is 15.5 Å². The number of benzene rings is 1. The number of para-hydroxylation sites is 1. The molecule has 128 valence electrons. The van der Waals surface area contributed by atoms with Crippen molar-refractivity contribution >= 4 is 11.7 Å². The lowest BCUT2D eigenvalue weighted by Crippen LogP contribution is -2.35. The maximum absolute atomic E-state index is 12.8. The van der Waals surface area contributed by atoms with Crippen LogP contribution in [0.3, 0.4) is 0 Å². The van der Waals surface area contributed by atoms with E-state index in [1.165, 1.54) is 37.5 Å². The fraction of sp³-hybridized carbons (Fsp3) is 0.562. The van der Waals surface area contributed by atoms with Gasteiger partial charge in [-0.15, -0.1) is 0 Å². The number of halogens is 3. The molecule has 2 amide bonds. The topological polar surface area (TPSA) is 44.4 Å². The third kappa shape index (κ3) is 5.74. The van der Waals surface area contributed by atoms with Gasteiger partial charge in [-0.05, 0) is 51.0 Å². The number of alkyl halides is 3. The molecule has 1 aliphatic rings. The van der Waals surface area contributed by atoms with Crippen molar-refractivity contribution in [2.75, 3.05) is 31.5 Å². The van der Waals surface area contributed by atoms with E-state index >= 15 is 0 Å². The number of hydrogen-bond acceptors (Lipinski definition) is 2. The number of carbonyl (C=O) groups is 1. The molecule has 1 aromatic rings. The lowest BCUT2D eigenvalue weighted by atomic mass is 10.1. The Bertz CT molecular complexity index is 514. The molecule has 0 atom stereocenters. The Balaban J connectivity index is 1.74. The number of likely N-dealkylation sites (tertiary alicyclic amines) is 1. The molecule has 7 heteroatoms. The van der Waals surface area contributed by atoms with E-state index in [1.807, 2.05) is 0 Å². The Kier molecular flexibility index (Phi) is 6.27. The second-order valence-electron chi connectivity index (χ2n) is 5.68. The van der Waals surface area contributed by atoms with Gasteiger partial charge in [-0.3, -0.25) is 0 Å². The second-order valence-corrected chi connectivity index (χ2v) is 5.68. The van der Waals surface area contributed by atoms with Crippen LogP contribution in [-0.4, -0.2) is 37.1 Å². The summed E-state index contributed by atoms with van der Waals surface area (Å²) < 4.78 is 38.5. The summed E-state index contributed by atoms with van der Waals surface area (Å²) in [7, 11) is 0. The van der Waals surface area contributed by atoms with Crippen LogP contribution in [0.2, 0.25) is 0 Å². The number of anilines is 1. The van der Waals surface area contributed by atoms with Gasteiger partial charge in [0.2, 0.25) is 0 Å². The quantitative estimate of drug-likeness (QED) is 0.809. The highest BCUT2D eigenvalue weighted by atomic mass is 19.4. The molecule has 1 aliphatic heterocycles. The molecule has 2 N–H and O–H groups in total. The number of piperidine rings is 1. The predicted octanol–water partition coefficient (Wildman–Crippen LogP) is 3.70. The molecular weight excluding hydrogens is 307 g/mol. The van der Waals surface area contributed by atoms with Gasteiger partial charge >= 0.3 is 12.2 Å². The van der Waals surface area contributed by atoms with E-state index < -0.39 is 17.8 Å². The van der Waals surface area contributed by atoms with Crippen molar-refractivity contribution in [2.45, 2.75) is 31.9 Å². The maximum Gasteiger partial charge on any atom is 0.418 e. The lowest BCUT2D eigenvalue weighted by Gasteiger charge is -2.26. The van der Waals surface area contributed by atoms with Crippen LogP contribution >= 0.6 is 0 Å². The van der Waals surface area contributed by atoms with Crippen LogP contribution in [0.15, 0.2) is 24.3 Å². The average Bonchev–Trinajstić information content (AvgIpc) is 2.52. The summed E-state index contributed by atoms with van der Waals surface area (Å²) in [6.45, 7) is 3.52. The van der Waals surface area contributed by atoms with Gasteiger partial charge in [0.25, 0.3) is 0 Å². The molecule has 1 heterocycles. The summed E-state index contributed by atoms with van der Waals surface area (Å²) in [6.07, 6.45) is -0.00742. The molecule has 4 nitrogen and oxygen atoms in total. The third-order valence-corrected chi connectivity index (χ3v) is 3.87. The van der Waals surface area contributed by atoms with Crippen LogP contribution in [0.4, 0.5) is 23.7 Å². The molecule has 0 radical (unpaired) electrons. The summed E-state index contributed by atoms with van der Waals surface area (Å²) in [6, 6.07) is 4.34. The van der Waals surface area contributed by atoms with Gasteiger partial charge in [-0.1, -0.05) is 18.6 Å². The number of hydrogen-bond donors (Lipinski definition) is 2. The molecule has 1 aromatic carbocycles. The highest BCUT2D eigenvalue weighted by Gasteiger charge is 2.33. The zero-order chi connectivity index (χ0) is 16.7. The van der Waals surface area contributed by atoms with Crippen molar-refractivity contribution in [3.63, 3.8) is 0 Å². The number of urea groups is 1. The van der Waals surface area contributed by atoms with Crippen LogP contribution in [0, 0.1) is 0 Å². The Morgan fingerprint density at radius 3 is 2.52 bits per heavy atom. The molecule has 0 bridgehead atoms. The number of amides is 2. The first kappa shape index (κ1) is 17.6. The largest absolute Gasteiger partial charge is 0.418 e. The van der Waals surface area contributed by atoms with Crippen molar-refractivity contribution in [3.05, 3.63) is 29.8 Å². The number of rotatable bonds is 5. The zero-order valence-corrected chi connectivity index (χ0v) is 13.0. The summed E-state index contributed by atoms with van der Waals surface area (Å²) in [5, 5.41) is 4.88. The molecule has 23 heavy (non-hydrogen) atoms. The van der Waals surface area contributed by atoms with Crippen molar-refractivity contribution in [2.24, 2.45) is 0 Å². The van der Waals surface area contributed by atoms with E-state index in [9.17, 15) is 18.0 Å². The van der Waals surface area contributed by atoms with Gasteiger partial charge in [0.15, 0.2) is 0 Å². The first-order chi connectivity index (χ1) is 11.0. The van der Waals surface area contributed by atoms with Crippen LogP contribution in [0.1, 0.15) is 31.2 Å².